The molecule has 1 aliphatic rings. The van der Waals surface area contributed by atoms with Gasteiger partial charge < -0.3 is 4.57 Å². The number of likely N-dealkylation sites (tertiary alicyclic amines) is 1. The van der Waals surface area contributed by atoms with Gasteiger partial charge in [-0.2, -0.15) is 0 Å². The van der Waals surface area contributed by atoms with Gasteiger partial charge >= 0.3 is 0 Å². The SMILES string of the molecule is CCn1cc(CN2CCCC2)c2ccc(F)cc21. The summed E-state index contributed by atoms with van der Waals surface area (Å²) in [6.45, 7) is 6.37. The fraction of sp³-hybridized carbons (Fsp3) is 0.467. The molecule has 3 heteroatoms. The van der Waals surface area contributed by atoms with Crippen LogP contribution in [0.4, 0.5) is 4.39 Å². The molecule has 1 fully saturated rings. The molecule has 0 amide bonds. The summed E-state index contributed by atoms with van der Waals surface area (Å²) >= 11 is 0. The summed E-state index contributed by atoms with van der Waals surface area (Å²) in [5, 5.41) is 1.20. The Balaban J connectivity index is 2.00. The minimum absolute atomic E-state index is 0.150. The molecule has 2 nitrogen and oxygen atoms in total. The molecular formula is C15H19FN2. The Morgan fingerprint density at radius 1 is 1.22 bits per heavy atom. The Morgan fingerprint density at radius 3 is 2.72 bits per heavy atom. The third-order valence-electron chi connectivity index (χ3n) is 3.86. The van der Waals surface area contributed by atoms with Gasteiger partial charge in [0.1, 0.15) is 5.82 Å². The summed E-state index contributed by atoms with van der Waals surface area (Å²) in [5.41, 5.74) is 2.35. The van der Waals surface area contributed by atoms with Crippen molar-refractivity contribution in [3.05, 3.63) is 35.8 Å². The number of benzene rings is 1. The van der Waals surface area contributed by atoms with Gasteiger partial charge in [-0.25, -0.2) is 4.39 Å². The number of rotatable bonds is 3. The molecule has 1 aliphatic heterocycles. The number of nitrogens with zero attached hydrogens (tertiary/aromatic N) is 2. The van der Waals surface area contributed by atoms with Gasteiger partial charge in [-0.3, -0.25) is 4.90 Å². The highest BCUT2D eigenvalue weighted by atomic mass is 19.1. The Bertz CT molecular complexity index is 553. The molecule has 0 spiro atoms. The number of halogens is 1. The lowest BCUT2D eigenvalue weighted by atomic mass is 10.1. The van der Waals surface area contributed by atoms with E-state index in [0.29, 0.717) is 0 Å². The maximum Gasteiger partial charge on any atom is 0.125 e. The van der Waals surface area contributed by atoms with Gasteiger partial charge in [-0.05, 0) is 56.6 Å². The lowest BCUT2D eigenvalue weighted by Crippen LogP contribution is -2.18. The Labute approximate surface area is 107 Å². The molecule has 0 aliphatic carbocycles. The quantitative estimate of drug-likeness (QED) is 0.806. The van der Waals surface area contributed by atoms with Gasteiger partial charge in [0, 0.05) is 24.7 Å². The molecule has 0 unspecified atom stereocenters. The molecule has 1 aromatic carbocycles. The molecule has 2 heterocycles. The van der Waals surface area contributed by atoms with Crippen LogP contribution in [0.3, 0.4) is 0 Å². The second kappa shape index (κ2) is 4.73. The zero-order chi connectivity index (χ0) is 12.5. The number of hydrogen-bond acceptors (Lipinski definition) is 1. The first-order chi connectivity index (χ1) is 8.78. The zero-order valence-electron chi connectivity index (χ0n) is 10.8. The Kier molecular flexibility index (Phi) is 3.08. The van der Waals surface area contributed by atoms with Gasteiger partial charge in [-0.1, -0.05) is 0 Å². The van der Waals surface area contributed by atoms with E-state index in [4.69, 9.17) is 0 Å². The van der Waals surface area contributed by atoms with Crippen molar-refractivity contribution >= 4 is 10.9 Å². The first kappa shape index (κ1) is 11.7. The molecule has 0 radical (unpaired) electrons. The van der Waals surface area contributed by atoms with Crippen LogP contribution in [0.5, 0.6) is 0 Å². The highest BCUT2D eigenvalue weighted by Gasteiger charge is 2.15. The minimum Gasteiger partial charge on any atom is -0.347 e. The second-order valence-corrected chi connectivity index (χ2v) is 5.09. The van der Waals surface area contributed by atoms with E-state index in [1.54, 1.807) is 12.1 Å². The van der Waals surface area contributed by atoms with E-state index < -0.39 is 0 Å². The second-order valence-electron chi connectivity index (χ2n) is 5.09. The van der Waals surface area contributed by atoms with Gasteiger partial charge in [0.15, 0.2) is 0 Å². The van der Waals surface area contributed by atoms with Crippen molar-refractivity contribution in [2.45, 2.75) is 32.9 Å². The summed E-state index contributed by atoms with van der Waals surface area (Å²) in [6.07, 6.45) is 4.80. The molecule has 1 aromatic heterocycles. The minimum atomic E-state index is -0.150. The number of aromatic nitrogens is 1. The third-order valence-corrected chi connectivity index (χ3v) is 3.86. The highest BCUT2D eigenvalue weighted by molar-refractivity contribution is 5.84. The third kappa shape index (κ3) is 2.03. The summed E-state index contributed by atoms with van der Waals surface area (Å²) in [6, 6.07) is 5.13. The van der Waals surface area contributed by atoms with Gasteiger partial charge in [0.2, 0.25) is 0 Å². The Morgan fingerprint density at radius 2 is 2.00 bits per heavy atom. The van der Waals surface area contributed by atoms with Gasteiger partial charge in [0.25, 0.3) is 0 Å². The normalized spacial score (nSPS) is 16.8. The summed E-state index contributed by atoms with van der Waals surface area (Å²) < 4.78 is 15.5. The van der Waals surface area contributed by atoms with Crippen molar-refractivity contribution in [2.24, 2.45) is 0 Å². The van der Waals surface area contributed by atoms with Crippen molar-refractivity contribution in [3.63, 3.8) is 0 Å². The van der Waals surface area contributed by atoms with Gasteiger partial charge in [-0.15, -0.1) is 0 Å². The molecular weight excluding hydrogens is 227 g/mol. The first-order valence-electron chi connectivity index (χ1n) is 6.77. The summed E-state index contributed by atoms with van der Waals surface area (Å²) in [4.78, 5) is 2.48. The fourth-order valence-corrected chi connectivity index (χ4v) is 2.91. The van der Waals surface area contributed by atoms with Crippen molar-refractivity contribution in [3.8, 4) is 0 Å². The van der Waals surface area contributed by atoms with Crippen LogP contribution >= 0.6 is 0 Å². The summed E-state index contributed by atoms with van der Waals surface area (Å²) in [7, 11) is 0. The predicted molar refractivity (Wildman–Crippen MR) is 72.1 cm³/mol. The molecule has 18 heavy (non-hydrogen) atoms. The number of fused-ring (bicyclic) bond motifs is 1. The number of aryl methyl sites for hydroxylation is 1. The maximum atomic E-state index is 13.3. The monoisotopic (exact) mass is 246 g/mol. The smallest absolute Gasteiger partial charge is 0.125 e. The predicted octanol–water partition coefficient (Wildman–Crippen LogP) is 3.40. The highest BCUT2D eigenvalue weighted by Crippen LogP contribution is 2.25. The van der Waals surface area contributed by atoms with E-state index in [-0.39, 0.29) is 5.82 Å². The lowest BCUT2D eigenvalue weighted by Gasteiger charge is -2.13. The average molecular weight is 246 g/mol. The van der Waals surface area contributed by atoms with Crippen LogP contribution in [-0.4, -0.2) is 22.6 Å². The Hall–Kier alpha value is -1.35. The van der Waals surface area contributed by atoms with E-state index in [9.17, 15) is 4.39 Å². The molecule has 1 saturated heterocycles. The molecule has 3 rings (SSSR count). The first-order valence-corrected chi connectivity index (χ1v) is 6.77. The van der Waals surface area contributed by atoms with Crippen molar-refractivity contribution in [2.75, 3.05) is 13.1 Å². The van der Waals surface area contributed by atoms with E-state index in [0.717, 1.165) is 18.6 Å². The van der Waals surface area contributed by atoms with Crippen LogP contribution < -0.4 is 0 Å². The van der Waals surface area contributed by atoms with Crippen LogP contribution in [0.15, 0.2) is 24.4 Å². The topological polar surface area (TPSA) is 8.17 Å². The fourth-order valence-electron chi connectivity index (χ4n) is 2.91. The molecule has 96 valence electrons. The lowest BCUT2D eigenvalue weighted by molar-refractivity contribution is 0.332. The van der Waals surface area contributed by atoms with E-state index in [2.05, 4.69) is 22.6 Å². The van der Waals surface area contributed by atoms with Crippen molar-refractivity contribution in [1.82, 2.24) is 9.47 Å². The zero-order valence-corrected chi connectivity index (χ0v) is 10.8. The standard InChI is InChI=1S/C15H19FN2/c1-2-18-11-12(10-17-7-3-4-8-17)14-6-5-13(16)9-15(14)18/h5-6,9,11H,2-4,7-8,10H2,1H3. The molecule has 2 aromatic rings. The van der Waals surface area contributed by atoms with Crippen LogP contribution in [0, 0.1) is 5.82 Å². The van der Waals surface area contributed by atoms with Crippen LogP contribution in [0.1, 0.15) is 25.3 Å². The van der Waals surface area contributed by atoms with Crippen LogP contribution in [-0.2, 0) is 13.1 Å². The van der Waals surface area contributed by atoms with Crippen molar-refractivity contribution in [1.29, 1.82) is 0 Å². The average Bonchev–Trinajstić information content (AvgIpc) is 2.98. The van der Waals surface area contributed by atoms with E-state index in [1.165, 1.54) is 36.9 Å². The maximum absolute atomic E-state index is 13.3. The van der Waals surface area contributed by atoms with Crippen LogP contribution in [0.25, 0.3) is 10.9 Å². The molecule has 0 atom stereocenters. The van der Waals surface area contributed by atoms with E-state index >= 15 is 0 Å². The summed E-state index contributed by atoms with van der Waals surface area (Å²) in [5.74, 6) is -0.150. The van der Waals surface area contributed by atoms with E-state index in [1.807, 2.05) is 6.07 Å². The molecule has 0 N–H and O–H groups in total. The van der Waals surface area contributed by atoms with Crippen LogP contribution in [0.2, 0.25) is 0 Å². The van der Waals surface area contributed by atoms with Crippen molar-refractivity contribution < 1.29 is 4.39 Å². The number of hydrogen-bond donors (Lipinski definition) is 0. The molecule has 0 saturated carbocycles. The molecule has 0 bridgehead atoms. The largest absolute Gasteiger partial charge is 0.347 e. The van der Waals surface area contributed by atoms with Gasteiger partial charge in [0.05, 0.1) is 5.52 Å².